The number of nitrogens with zero attached hydrogens (tertiary/aromatic N) is 3. The molecule has 2 saturated heterocycles. The van der Waals surface area contributed by atoms with Gasteiger partial charge < -0.3 is 15.4 Å². The van der Waals surface area contributed by atoms with Crippen LogP contribution in [0.2, 0.25) is 0 Å². The number of anilines is 1. The van der Waals surface area contributed by atoms with Crippen LogP contribution in [0.4, 0.5) is 5.82 Å². The number of nitriles is 1. The summed E-state index contributed by atoms with van der Waals surface area (Å²) in [5.41, 5.74) is 6.87. The number of ether oxygens (including phenoxy) is 1. The van der Waals surface area contributed by atoms with Crippen LogP contribution in [-0.2, 0) is 9.53 Å². The van der Waals surface area contributed by atoms with Gasteiger partial charge in [0.2, 0.25) is 5.91 Å². The van der Waals surface area contributed by atoms with Crippen molar-refractivity contribution in [2.45, 2.75) is 32.3 Å². The Hall–Kier alpha value is -2.13. The maximum absolute atomic E-state index is 11.5. The zero-order valence-electron chi connectivity index (χ0n) is 13.4. The zero-order valence-corrected chi connectivity index (χ0v) is 13.4. The molecule has 2 aliphatic rings. The van der Waals surface area contributed by atoms with Crippen LogP contribution in [0.15, 0.2) is 12.1 Å². The smallest absolute Gasteiger partial charge is 0.223 e. The summed E-state index contributed by atoms with van der Waals surface area (Å²) in [7, 11) is 0. The number of hydrogen-bond acceptors (Lipinski definition) is 5. The first-order valence-corrected chi connectivity index (χ1v) is 8.13. The highest BCUT2D eigenvalue weighted by molar-refractivity contribution is 5.77. The summed E-state index contributed by atoms with van der Waals surface area (Å²) in [6.45, 7) is 4.24. The molecule has 0 spiro atoms. The third-order valence-corrected chi connectivity index (χ3v) is 5.02. The Morgan fingerprint density at radius 3 is 2.78 bits per heavy atom. The van der Waals surface area contributed by atoms with Gasteiger partial charge in [-0.3, -0.25) is 4.79 Å². The van der Waals surface area contributed by atoms with Crippen LogP contribution in [0, 0.1) is 30.1 Å². The Balaban J connectivity index is 1.65. The van der Waals surface area contributed by atoms with E-state index >= 15 is 0 Å². The maximum atomic E-state index is 11.5. The second kappa shape index (κ2) is 6.55. The summed E-state index contributed by atoms with van der Waals surface area (Å²) in [6, 6.07) is 6.05. The molecule has 0 unspecified atom stereocenters. The SMILES string of the molecule is Cc1ccc(N2CCC([C@H]3OCC[C@@H]3C(N)=O)CC2)nc1C#N. The summed E-state index contributed by atoms with van der Waals surface area (Å²) in [5, 5.41) is 9.12. The molecule has 3 rings (SSSR count). The fourth-order valence-electron chi connectivity index (χ4n) is 3.65. The molecule has 3 heterocycles. The Labute approximate surface area is 136 Å². The highest BCUT2D eigenvalue weighted by Crippen LogP contribution is 2.33. The van der Waals surface area contributed by atoms with Crippen LogP contribution in [-0.4, -0.2) is 36.7 Å². The van der Waals surface area contributed by atoms with Crippen LogP contribution in [0.25, 0.3) is 0 Å². The van der Waals surface area contributed by atoms with E-state index < -0.39 is 0 Å². The maximum Gasteiger partial charge on any atom is 0.223 e. The molecule has 1 aromatic heterocycles. The molecular formula is C17H22N4O2. The second-order valence-corrected chi connectivity index (χ2v) is 6.40. The average Bonchev–Trinajstić information content (AvgIpc) is 3.05. The van der Waals surface area contributed by atoms with Crippen molar-refractivity contribution in [3.63, 3.8) is 0 Å². The van der Waals surface area contributed by atoms with E-state index in [0.717, 1.165) is 43.7 Å². The lowest BCUT2D eigenvalue weighted by molar-refractivity contribution is -0.124. The number of pyridine rings is 1. The Morgan fingerprint density at radius 2 is 2.13 bits per heavy atom. The van der Waals surface area contributed by atoms with Crippen molar-refractivity contribution in [3.05, 3.63) is 23.4 Å². The van der Waals surface area contributed by atoms with Crippen molar-refractivity contribution < 1.29 is 9.53 Å². The topological polar surface area (TPSA) is 92.2 Å². The monoisotopic (exact) mass is 314 g/mol. The molecule has 2 N–H and O–H groups in total. The number of amides is 1. The predicted octanol–water partition coefficient (Wildman–Crippen LogP) is 1.37. The molecule has 1 aromatic rings. The van der Waals surface area contributed by atoms with Crippen molar-refractivity contribution in [2.75, 3.05) is 24.6 Å². The molecule has 0 saturated carbocycles. The van der Waals surface area contributed by atoms with Gasteiger partial charge in [0.05, 0.1) is 12.0 Å². The van der Waals surface area contributed by atoms with Gasteiger partial charge in [0.15, 0.2) is 0 Å². The first-order valence-electron chi connectivity index (χ1n) is 8.13. The van der Waals surface area contributed by atoms with Crippen LogP contribution < -0.4 is 10.6 Å². The van der Waals surface area contributed by atoms with E-state index in [4.69, 9.17) is 15.7 Å². The van der Waals surface area contributed by atoms with E-state index in [9.17, 15) is 4.79 Å². The third kappa shape index (κ3) is 3.15. The van der Waals surface area contributed by atoms with Crippen molar-refractivity contribution in [3.8, 4) is 6.07 Å². The number of carbonyl (C=O) groups is 1. The summed E-state index contributed by atoms with van der Waals surface area (Å²) in [4.78, 5) is 18.2. The molecule has 2 fully saturated rings. The van der Waals surface area contributed by atoms with E-state index in [1.54, 1.807) is 0 Å². The largest absolute Gasteiger partial charge is 0.377 e. The molecule has 6 heteroatoms. The van der Waals surface area contributed by atoms with Gasteiger partial charge in [-0.05, 0) is 43.7 Å². The van der Waals surface area contributed by atoms with Crippen LogP contribution in [0.5, 0.6) is 0 Å². The highest BCUT2D eigenvalue weighted by Gasteiger charge is 2.39. The standard InChI is InChI=1S/C17H22N4O2/c1-11-2-3-15(20-14(11)10-18)21-7-4-12(5-8-21)16-13(17(19)22)6-9-23-16/h2-3,12-13,16H,4-9H2,1H3,(H2,19,22)/t13-,16+/m0/s1. The Morgan fingerprint density at radius 1 is 1.39 bits per heavy atom. The first kappa shape index (κ1) is 15.8. The van der Waals surface area contributed by atoms with Crippen LogP contribution >= 0.6 is 0 Å². The molecule has 6 nitrogen and oxygen atoms in total. The lowest BCUT2D eigenvalue weighted by atomic mass is 9.84. The summed E-state index contributed by atoms with van der Waals surface area (Å²) < 4.78 is 5.78. The minimum atomic E-state index is -0.242. The summed E-state index contributed by atoms with van der Waals surface area (Å²) >= 11 is 0. The third-order valence-electron chi connectivity index (χ3n) is 5.02. The van der Waals surface area contributed by atoms with E-state index in [1.165, 1.54) is 0 Å². The van der Waals surface area contributed by atoms with Crippen molar-refractivity contribution in [1.29, 1.82) is 5.26 Å². The molecule has 2 atom stereocenters. The van der Waals surface area contributed by atoms with E-state index in [1.807, 2.05) is 19.1 Å². The lowest BCUT2D eigenvalue weighted by Gasteiger charge is -2.36. The van der Waals surface area contributed by atoms with Gasteiger partial charge in [-0.2, -0.15) is 5.26 Å². The normalized spacial score (nSPS) is 25.3. The molecule has 1 amide bonds. The van der Waals surface area contributed by atoms with Gasteiger partial charge in [0.25, 0.3) is 0 Å². The van der Waals surface area contributed by atoms with Crippen molar-refractivity contribution in [2.24, 2.45) is 17.6 Å². The van der Waals surface area contributed by atoms with E-state index in [0.29, 0.717) is 18.2 Å². The average molecular weight is 314 g/mol. The Bertz CT molecular complexity index is 632. The second-order valence-electron chi connectivity index (χ2n) is 6.40. The number of primary amides is 1. The molecule has 0 aromatic carbocycles. The quantitative estimate of drug-likeness (QED) is 0.909. The van der Waals surface area contributed by atoms with Gasteiger partial charge in [-0.15, -0.1) is 0 Å². The minimum Gasteiger partial charge on any atom is -0.377 e. The number of aromatic nitrogens is 1. The number of aryl methyl sites for hydroxylation is 1. The molecule has 0 bridgehead atoms. The minimum absolute atomic E-state index is 0.0321. The number of piperidine rings is 1. The number of hydrogen-bond donors (Lipinski definition) is 1. The van der Waals surface area contributed by atoms with Gasteiger partial charge in [0, 0.05) is 19.7 Å². The zero-order chi connectivity index (χ0) is 16.4. The fourth-order valence-corrected chi connectivity index (χ4v) is 3.65. The molecule has 0 radical (unpaired) electrons. The fraction of sp³-hybridized carbons (Fsp3) is 0.588. The first-order chi connectivity index (χ1) is 11.1. The summed E-state index contributed by atoms with van der Waals surface area (Å²) in [5.74, 6) is 0.833. The van der Waals surface area contributed by atoms with Gasteiger partial charge >= 0.3 is 0 Å². The van der Waals surface area contributed by atoms with Crippen molar-refractivity contribution >= 4 is 11.7 Å². The Kier molecular flexibility index (Phi) is 4.49. The highest BCUT2D eigenvalue weighted by atomic mass is 16.5. The molecule has 2 aliphatic heterocycles. The summed E-state index contributed by atoms with van der Waals surface area (Å²) in [6.07, 6.45) is 2.61. The molecule has 23 heavy (non-hydrogen) atoms. The van der Waals surface area contributed by atoms with Gasteiger partial charge in [-0.25, -0.2) is 4.98 Å². The van der Waals surface area contributed by atoms with Gasteiger partial charge in [0.1, 0.15) is 17.6 Å². The number of carbonyl (C=O) groups excluding carboxylic acids is 1. The molecular weight excluding hydrogens is 292 g/mol. The number of nitrogens with two attached hydrogens (primary N) is 1. The lowest BCUT2D eigenvalue weighted by Crippen LogP contribution is -2.42. The van der Waals surface area contributed by atoms with E-state index in [-0.39, 0.29) is 17.9 Å². The van der Waals surface area contributed by atoms with E-state index in [2.05, 4.69) is 16.0 Å². The predicted molar refractivity (Wildman–Crippen MR) is 85.7 cm³/mol. The van der Waals surface area contributed by atoms with Crippen LogP contribution in [0.3, 0.4) is 0 Å². The number of rotatable bonds is 3. The van der Waals surface area contributed by atoms with Crippen molar-refractivity contribution in [1.82, 2.24) is 4.98 Å². The van der Waals surface area contributed by atoms with Gasteiger partial charge in [-0.1, -0.05) is 6.07 Å². The van der Waals surface area contributed by atoms with Crippen LogP contribution in [0.1, 0.15) is 30.5 Å². The molecule has 0 aliphatic carbocycles. The molecule has 122 valence electrons.